The van der Waals surface area contributed by atoms with E-state index in [2.05, 4.69) is 25.8 Å². The number of ether oxygens (including phenoxy) is 2. The standard InChI is InChI=1S/C24H27NO4/c1-15-22(19-8-6-7-9-20(19)25-15)23(27)16(2)29-21(26)14-28-18-12-10-17(11-13-18)24(3,4)5/h6-13,16,25H,14H2,1-5H3/t16-/m1/s1. The van der Waals surface area contributed by atoms with Gasteiger partial charge < -0.3 is 14.5 Å². The smallest absolute Gasteiger partial charge is 0.344 e. The van der Waals surface area contributed by atoms with E-state index in [1.54, 1.807) is 6.92 Å². The molecule has 0 amide bonds. The number of aromatic nitrogens is 1. The normalized spacial score (nSPS) is 12.6. The summed E-state index contributed by atoms with van der Waals surface area (Å²) in [4.78, 5) is 28.2. The second-order valence-corrected chi connectivity index (χ2v) is 8.23. The molecule has 29 heavy (non-hydrogen) atoms. The van der Waals surface area contributed by atoms with Crippen molar-refractivity contribution in [3.8, 4) is 5.75 Å². The van der Waals surface area contributed by atoms with E-state index >= 15 is 0 Å². The summed E-state index contributed by atoms with van der Waals surface area (Å²) in [6, 6.07) is 15.2. The van der Waals surface area contributed by atoms with Gasteiger partial charge in [0.2, 0.25) is 5.78 Å². The number of aromatic amines is 1. The molecule has 0 bridgehead atoms. The number of nitrogens with one attached hydrogen (secondary N) is 1. The van der Waals surface area contributed by atoms with E-state index in [1.165, 1.54) is 5.56 Å². The first kappa shape index (κ1) is 20.6. The predicted octanol–water partition coefficient (Wildman–Crippen LogP) is 4.97. The number of esters is 1. The molecular weight excluding hydrogens is 366 g/mol. The van der Waals surface area contributed by atoms with Crippen LogP contribution < -0.4 is 4.74 Å². The van der Waals surface area contributed by atoms with Crippen molar-refractivity contribution >= 4 is 22.7 Å². The lowest BCUT2D eigenvalue weighted by Crippen LogP contribution is -2.27. The Morgan fingerprint density at radius 2 is 1.69 bits per heavy atom. The van der Waals surface area contributed by atoms with Gasteiger partial charge in [-0.05, 0) is 43.0 Å². The molecule has 1 heterocycles. The van der Waals surface area contributed by atoms with Crippen molar-refractivity contribution in [2.45, 2.75) is 46.1 Å². The summed E-state index contributed by atoms with van der Waals surface area (Å²) in [6.45, 7) is 9.57. The largest absolute Gasteiger partial charge is 0.482 e. The van der Waals surface area contributed by atoms with Crippen molar-refractivity contribution in [3.05, 3.63) is 65.4 Å². The molecule has 1 N–H and O–H groups in total. The average molecular weight is 393 g/mol. The Balaban J connectivity index is 1.60. The molecule has 0 saturated carbocycles. The Bertz CT molecular complexity index is 1030. The lowest BCUT2D eigenvalue weighted by molar-refractivity contribution is -0.148. The molecule has 5 heteroatoms. The summed E-state index contributed by atoms with van der Waals surface area (Å²) in [5, 5.41) is 0.827. The Labute approximate surface area is 171 Å². The van der Waals surface area contributed by atoms with Crippen LogP contribution in [-0.2, 0) is 14.9 Å². The molecule has 0 aliphatic carbocycles. The summed E-state index contributed by atoms with van der Waals surface area (Å²) in [6.07, 6.45) is -0.896. The van der Waals surface area contributed by atoms with Crippen molar-refractivity contribution < 1.29 is 19.1 Å². The minimum atomic E-state index is -0.896. The van der Waals surface area contributed by atoms with Crippen LogP contribution in [0.1, 0.15) is 49.3 Å². The number of carbonyl (C=O) groups excluding carboxylic acids is 2. The second-order valence-electron chi connectivity index (χ2n) is 8.23. The average Bonchev–Trinajstić information content (AvgIpc) is 3.01. The fraction of sp³-hybridized carbons (Fsp3) is 0.333. The topological polar surface area (TPSA) is 68.4 Å². The molecule has 0 fully saturated rings. The molecule has 0 saturated heterocycles. The maximum absolute atomic E-state index is 12.8. The van der Waals surface area contributed by atoms with E-state index in [0.717, 1.165) is 16.6 Å². The molecule has 0 spiro atoms. The highest BCUT2D eigenvalue weighted by Crippen LogP contribution is 2.25. The van der Waals surface area contributed by atoms with Crippen LogP contribution in [0.4, 0.5) is 0 Å². The first-order chi connectivity index (χ1) is 13.7. The molecule has 1 atom stereocenters. The summed E-state index contributed by atoms with van der Waals surface area (Å²) < 4.78 is 10.8. The van der Waals surface area contributed by atoms with Crippen molar-refractivity contribution in [2.75, 3.05) is 6.61 Å². The molecule has 3 aromatic rings. The quantitative estimate of drug-likeness (QED) is 0.474. The predicted molar refractivity (Wildman–Crippen MR) is 114 cm³/mol. The van der Waals surface area contributed by atoms with Crippen LogP contribution in [-0.4, -0.2) is 29.4 Å². The van der Waals surface area contributed by atoms with Crippen molar-refractivity contribution in [2.24, 2.45) is 0 Å². The minimum absolute atomic E-state index is 0.0494. The van der Waals surface area contributed by atoms with E-state index in [-0.39, 0.29) is 17.8 Å². The molecule has 2 aromatic carbocycles. The highest BCUT2D eigenvalue weighted by Gasteiger charge is 2.24. The molecule has 5 nitrogen and oxygen atoms in total. The van der Waals surface area contributed by atoms with Crippen LogP contribution >= 0.6 is 0 Å². The third-order valence-electron chi connectivity index (χ3n) is 4.89. The number of rotatable bonds is 6. The Morgan fingerprint density at radius 3 is 2.34 bits per heavy atom. The lowest BCUT2D eigenvalue weighted by Gasteiger charge is -2.19. The molecule has 0 radical (unpaired) electrons. The molecule has 1 aromatic heterocycles. The van der Waals surface area contributed by atoms with E-state index in [1.807, 2.05) is 55.5 Å². The number of aryl methyl sites for hydroxylation is 1. The SMILES string of the molecule is Cc1[nH]c2ccccc2c1C(=O)[C@@H](C)OC(=O)COc1ccc(C(C)(C)C)cc1. The molecular formula is C24H27NO4. The summed E-state index contributed by atoms with van der Waals surface area (Å²) in [5.74, 6) is -0.229. The monoisotopic (exact) mass is 393 g/mol. The third-order valence-corrected chi connectivity index (χ3v) is 4.89. The van der Waals surface area contributed by atoms with Gasteiger partial charge in [0.15, 0.2) is 12.7 Å². The Hall–Kier alpha value is -3.08. The number of hydrogen-bond acceptors (Lipinski definition) is 4. The second kappa shape index (κ2) is 8.11. The highest BCUT2D eigenvalue weighted by molar-refractivity contribution is 6.11. The van der Waals surface area contributed by atoms with E-state index < -0.39 is 12.1 Å². The van der Waals surface area contributed by atoms with Crippen molar-refractivity contribution in [1.82, 2.24) is 4.98 Å². The number of Topliss-reactive ketones (excluding diaryl/α,β-unsaturated/α-hetero) is 1. The zero-order chi connectivity index (χ0) is 21.2. The van der Waals surface area contributed by atoms with Gasteiger partial charge in [0.05, 0.1) is 0 Å². The molecule has 0 aliphatic rings. The molecule has 0 aliphatic heterocycles. The number of H-pyrrole nitrogens is 1. The van der Waals surface area contributed by atoms with Crippen LogP contribution in [0.25, 0.3) is 10.9 Å². The van der Waals surface area contributed by atoms with Crippen molar-refractivity contribution in [3.63, 3.8) is 0 Å². The van der Waals surface area contributed by atoms with Crippen LogP contribution in [0.3, 0.4) is 0 Å². The number of ketones is 1. The summed E-state index contributed by atoms with van der Waals surface area (Å²) in [5.41, 5.74) is 3.43. The van der Waals surface area contributed by atoms with Gasteiger partial charge in [0, 0.05) is 22.2 Å². The number of benzene rings is 2. The van der Waals surface area contributed by atoms with Gasteiger partial charge in [-0.3, -0.25) is 4.79 Å². The summed E-state index contributed by atoms with van der Waals surface area (Å²) >= 11 is 0. The fourth-order valence-electron chi connectivity index (χ4n) is 3.28. The van der Waals surface area contributed by atoms with Crippen molar-refractivity contribution in [1.29, 1.82) is 0 Å². The Kier molecular flexibility index (Phi) is 5.78. The lowest BCUT2D eigenvalue weighted by atomic mass is 9.87. The van der Waals surface area contributed by atoms with Gasteiger partial charge >= 0.3 is 5.97 Å². The van der Waals surface area contributed by atoms with E-state index in [0.29, 0.717) is 11.3 Å². The van der Waals surface area contributed by atoms with Gasteiger partial charge in [0.25, 0.3) is 0 Å². The molecule has 3 rings (SSSR count). The first-order valence-electron chi connectivity index (χ1n) is 9.71. The van der Waals surface area contributed by atoms with E-state index in [4.69, 9.17) is 9.47 Å². The zero-order valence-electron chi connectivity index (χ0n) is 17.5. The van der Waals surface area contributed by atoms with Gasteiger partial charge in [-0.2, -0.15) is 0 Å². The van der Waals surface area contributed by atoms with Gasteiger partial charge in [-0.25, -0.2) is 4.79 Å². The first-order valence-corrected chi connectivity index (χ1v) is 9.71. The Morgan fingerprint density at radius 1 is 1.03 bits per heavy atom. The zero-order valence-corrected chi connectivity index (χ0v) is 17.5. The summed E-state index contributed by atoms with van der Waals surface area (Å²) in [7, 11) is 0. The molecule has 0 unspecified atom stereocenters. The van der Waals surface area contributed by atoms with Gasteiger partial charge in [-0.15, -0.1) is 0 Å². The third kappa shape index (κ3) is 4.67. The van der Waals surface area contributed by atoms with E-state index in [9.17, 15) is 9.59 Å². The maximum atomic E-state index is 12.8. The van der Waals surface area contributed by atoms with Crippen LogP contribution in [0.2, 0.25) is 0 Å². The minimum Gasteiger partial charge on any atom is -0.482 e. The fourth-order valence-corrected chi connectivity index (χ4v) is 3.28. The van der Waals surface area contributed by atoms with Crippen LogP contribution in [0, 0.1) is 6.92 Å². The number of para-hydroxylation sites is 1. The van der Waals surface area contributed by atoms with Gasteiger partial charge in [-0.1, -0.05) is 51.1 Å². The van der Waals surface area contributed by atoms with Crippen LogP contribution in [0.5, 0.6) is 5.75 Å². The number of hydrogen-bond donors (Lipinski definition) is 1. The number of fused-ring (bicyclic) bond motifs is 1. The van der Waals surface area contributed by atoms with Crippen LogP contribution in [0.15, 0.2) is 48.5 Å². The van der Waals surface area contributed by atoms with Gasteiger partial charge in [0.1, 0.15) is 5.75 Å². The maximum Gasteiger partial charge on any atom is 0.344 e. The highest BCUT2D eigenvalue weighted by atomic mass is 16.6. The number of carbonyl (C=O) groups is 2. The molecule has 152 valence electrons.